The lowest BCUT2D eigenvalue weighted by molar-refractivity contribution is -0.124. The molecule has 0 spiro atoms. The monoisotopic (exact) mass is 434 g/mol. The number of hydrogen-bond acceptors (Lipinski definition) is 5. The molecule has 2 aromatic rings. The third-order valence-corrected chi connectivity index (χ3v) is 6.09. The number of amides is 2. The number of carbonyl (C=O) groups excluding carboxylic acids is 2. The number of carbonyl (C=O) groups is 2. The van der Waals surface area contributed by atoms with Gasteiger partial charge in [0.05, 0.1) is 12.8 Å². The van der Waals surface area contributed by atoms with Gasteiger partial charge in [-0.2, -0.15) is 5.10 Å². The van der Waals surface area contributed by atoms with Crippen molar-refractivity contribution in [2.75, 3.05) is 43.2 Å². The first-order chi connectivity index (χ1) is 15.5. The number of rotatable bonds is 4. The van der Waals surface area contributed by atoms with Crippen molar-refractivity contribution in [2.24, 2.45) is 5.10 Å². The zero-order valence-electron chi connectivity index (χ0n) is 19.0. The van der Waals surface area contributed by atoms with Crippen molar-refractivity contribution < 1.29 is 14.3 Å². The van der Waals surface area contributed by atoms with Crippen molar-refractivity contribution in [3.8, 4) is 5.75 Å². The molecule has 2 aromatic carbocycles. The van der Waals surface area contributed by atoms with E-state index < -0.39 is 0 Å². The van der Waals surface area contributed by atoms with E-state index in [9.17, 15) is 9.59 Å². The Bertz CT molecular complexity index is 1030. The summed E-state index contributed by atoms with van der Waals surface area (Å²) in [7, 11) is 1.66. The SMILES string of the molecule is COc1ccc(N2CCCN(C(=O)C3=NN(c4cc(C)ccc4C)C(=O)CC3)CC2)cc1. The van der Waals surface area contributed by atoms with E-state index in [0.717, 1.165) is 47.8 Å². The fourth-order valence-corrected chi connectivity index (χ4v) is 4.20. The van der Waals surface area contributed by atoms with Crippen molar-refractivity contribution >= 4 is 28.9 Å². The van der Waals surface area contributed by atoms with Crippen LogP contribution in [0, 0.1) is 13.8 Å². The summed E-state index contributed by atoms with van der Waals surface area (Å²) in [6, 6.07) is 14.0. The second-order valence-electron chi connectivity index (χ2n) is 8.37. The maximum Gasteiger partial charge on any atom is 0.270 e. The molecule has 2 amide bonds. The summed E-state index contributed by atoms with van der Waals surface area (Å²) in [5.74, 6) is 0.694. The number of aryl methyl sites for hydroxylation is 2. The molecule has 4 rings (SSSR count). The van der Waals surface area contributed by atoms with Crippen molar-refractivity contribution in [3.05, 3.63) is 53.6 Å². The van der Waals surface area contributed by atoms with E-state index in [1.165, 1.54) is 5.01 Å². The molecule has 7 heteroatoms. The minimum absolute atomic E-state index is 0.0654. The van der Waals surface area contributed by atoms with Crippen LogP contribution in [0.3, 0.4) is 0 Å². The first-order valence-electron chi connectivity index (χ1n) is 11.1. The van der Waals surface area contributed by atoms with Gasteiger partial charge in [0.25, 0.3) is 5.91 Å². The van der Waals surface area contributed by atoms with E-state index in [2.05, 4.69) is 22.1 Å². The minimum Gasteiger partial charge on any atom is -0.497 e. The van der Waals surface area contributed by atoms with Gasteiger partial charge in [-0.25, -0.2) is 5.01 Å². The normalized spacial score (nSPS) is 17.2. The van der Waals surface area contributed by atoms with Gasteiger partial charge in [-0.3, -0.25) is 9.59 Å². The predicted octanol–water partition coefficient (Wildman–Crippen LogP) is 3.53. The first-order valence-corrected chi connectivity index (χ1v) is 11.1. The topological polar surface area (TPSA) is 65.5 Å². The van der Waals surface area contributed by atoms with Crippen LogP contribution >= 0.6 is 0 Å². The molecule has 0 aliphatic carbocycles. The molecule has 2 aliphatic rings. The van der Waals surface area contributed by atoms with Crippen LogP contribution in [0.2, 0.25) is 0 Å². The Morgan fingerprint density at radius 2 is 1.75 bits per heavy atom. The summed E-state index contributed by atoms with van der Waals surface area (Å²) in [5.41, 5.74) is 4.36. The Balaban J connectivity index is 1.48. The number of ether oxygens (including phenoxy) is 1. The Kier molecular flexibility index (Phi) is 6.44. The van der Waals surface area contributed by atoms with E-state index in [0.29, 0.717) is 31.6 Å². The Labute approximate surface area is 189 Å². The zero-order valence-corrected chi connectivity index (χ0v) is 19.0. The quantitative estimate of drug-likeness (QED) is 0.738. The van der Waals surface area contributed by atoms with Crippen LogP contribution in [0.5, 0.6) is 5.75 Å². The highest BCUT2D eigenvalue weighted by Crippen LogP contribution is 2.26. The van der Waals surface area contributed by atoms with Gasteiger partial charge >= 0.3 is 0 Å². The molecule has 2 heterocycles. The third kappa shape index (κ3) is 4.61. The largest absolute Gasteiger partial charge is 0.497 e. The maximum atomic E-state index is 13.3. The molecule has 0 atom stereocenters. The average molecular weight is 435 g/mol. The fraction of sp³-hybridized carbons (Fsp3) is 0.400. The number of benzene rings is 2. The fourth-order valence-electron chi connectivity index (χ4n) is 4.20. The van der Waals surface area contributed by atoms with Crippen LogP contribution in [0.4, 0.5) is 11.4 Å². The first kappa shape index (κ1) is 21.9. The minimum atomic E-state index is -0.0724. The van der Waals surface area contributed by atoms with Crippen molar-refractivity contribution in [3.63, 3.8) is 0 Å². The molecule has 0 N–H and O–H groups in total. The second kappa shape index (κ2) is 9.42. The summed E-state index contributed by atoms with van der Waals surface area (Å²) in [5, 5.41) is 5.94. The number of hydrazone groups is 1. The molecular weight excluding hydrogens is 404 g/mol. The van der Waals surface area contributed by atoms with Crippen LogP contribution in [0.25, 0.3) is 0 Å². The number of nitrogens with zero attached hydrogens (tertiary/aromatic N) is 4. The van der Waals surface area contributed by atoms with Gasteiger partial charge in [-0.15, -0.1) is 0 Å². The Hall–Kier alpha value is -3.35. The van der Waals surface area contributed by atoms with Crippen LogP contribution in [-0.2, 0) is 9.59 Å². The summed E-state index contributed by atoms with van der Waals surface area (Å²) in [6.07, 6.45) is 1.56. The maximum absolute atomic E-state index is 13.3. The van der Waals surface area contributed by atoms with Gasteiger partial charge in [0, 0.05) is 44.7 Å². The lowest BCUT2D eigenvalue weighted by Crippen LogP contribution is -2.43. The van der Waals surface area contributed by atoms with E-state index >= 15 is 0 Å². The summed E-state index contributed by atoms with van der Waals surface area (Å²) in [4.78, 5) is 30.0. The van der Waals surface area contributed by atoms with Crippen LogP contribution in [0.1, 0.15) is 30.4 Å². The van der Waals surface area contributed by atoms with Crippen LogP contribution in [0.15, 0.2) is 47.6 Å². The second-order valence-corrected chi connectivity index (χ2v) is 8.37. The molecule has 0 radical (unpaired) electrons. The lowest BCUT2D eigenvalue weighted by Gasteiger charge is -2.28. The average Bonchev–Trinajstić information content (AvgIpc) is 3.07. The standard InChI is InChI=1S/C25H30N4O3/c1-18-5-6-19(2)23(17-18)29-24(30)12-11-22(26-29)25(31)28-14-4-13-27(15-16-28)20-7-9-21(32-3)10-8-20/h5-10,17H,4,11-16H2,1-3H3. The summed E-state index contributed by atoms with van der Waals surface area (Å²) < 4.78 is 5.25. The zero-order chi connectivity index (χ0) is 22.7. The van der Waals surface area contributed by atoms with Crippen molar-refractivity contribution in [2.45, 2.75) is 33.1 Å². The van der Waals surface area contributed by atoms with Crippen molar-refractivity contribution in [1.82, 2.24) is 4.90 Å². The molecule has 0 saturated carbocycles. The smallest absolute Gasteiger partial charge is 0.270 e. The van der Waals surface area contributed by atoms with Crippen LogP contribution in [-0.4, -0.2) is 55.7 Å². The Morgan fingerprint density at radius 1 is 0.969 bits per heavy atom. The highest BCUT2D eigenvalue weighted by molar-refractivity contribution is 6.40. The Morgan fingerprint density at radius 3 is 2.50 bits per heavy atom. The van der Waals surface area contributed by atoms with Crippen molar-refractivity contribution in [1.29, 1.82) is 0 Å². The molecular formula is C25H30N4O3. The van der Waals surface area contributed by atoms with Gasteiger partial charge in [-0.1, -0.05) is 12.1 Å². The van der Waals surface area contributed by atoms with Gasteiger partial charge in [0.2, 0.25) is 5.91 Å². The molecule has 0 unspecified atom stereocenters. The summed E-state index contributed by atoms with van der Waals surface area (Å²) in [6.45, 7) is 6.89. The van der Waals surface area contributed by atoms with E-state index in [1.54, 1.807) is 7.11 Å². The lowest BCUT2D eigenvalue weighted by atomic mass is 10.1. The molecule has 168 valence electrons. The highest BCUT2D eigenvalue weighted by atomic mass is 16.5. The molecule has 32 heavy (non-hydrogen) atoms. The van der Waals surface area contributed by atoms with Gasteiger partial charge < -0.3 is 14.5 Å². The highest BCUT2D eigenvalue weighted by Gasteiger charge is 2.30. The van der Waals surface area contributed by atoms with E-state index in [-0.39, 0.29) is 11.8 Å². The third-order valence-electron chi connectivity index (χ3n) is 6.09. The van der Waals surface area contributed by atoms with Gasteiger partial charge in [-0.05, 0) is 61.7 Å². The van der Waals surface area contributed by atoms with Crippen LogP contribution < -0.4 is 14.6 Å². The van der Waals surface area contributed by atoms with Gasteiger partial charge in [0.1, 0.15) is 11.5 Å². The molecule has 0 bridgehead atoms. The van der Waals surface area contributed by atoms with E-state index in [1.807, 2.05) is 49.1 Å². The number of methoxy groups -OCH3 is 1. The summed E-state index contributed by atoms with van der Waals surface area (Å²) >= 11 is 0. The molecule has 1 saturated heterocycles. The molecule has 0 aromatic heterocycles. The molecule has 2 aliphatic heterocycles. The predicted molar refractivity (Wildman–Crippen MR) is 126 cm³/mol. The van der Waals surface area contributed by atoms with Gasteiger partial charge in [0.15, 0.2) is 0 Å². The molecule has 1 fully saturated rings. The number of anilines is 2. The number of hydrogen-bond donors (Lipinski definition) is 0. The molecule has 7 nitrogen and oxygen atoms in total. The van der Waals surface area contributed by atoms with E-state index in [4.69, 9.17) is 4.74 Å².